The maximum absolute atomic E-state index is 11.1. The number of amides is 2. The summed E-state index contributed by atoms with van der Waals surface area (Å²) in [5.41, 5.74) is 5.05. The van der Waals surface area contributed by atoms with Gasteiger partial charge >= 0.3 is 6.09 Å². The Labute approximate surface area is 71.7 Å². The number of carbonyl (C=O) groups excluding carboxylic acids is 2. The van der Waals surface area contributed by atoms with Gasteiger partial charge in [-0.15, -0.1) is 0 Å². The van der Waals surface area contributed by atoms with E-state index in [4.69, 9.17) is 5.73 Å². The van der Waals surface area contributed by atoms with Crippen LogP contribution in [0.25, 0.3) is 0 Å². The molecule has 2 amide bonds. The summed E-state index contributed by atoms with van der Waals surface area (Å²) in [7, 11) is 4.42. The molecule has 0 bridgehead atoms. The van der Waals surface area contributed by atoms with Gasteiger partial charge in [0.05, 0.1) is 21.2 Å². The summed E-state index contributed by atoms with van der Waals surface area (Å²) in [6.45, 7) is 1.58. The van der Waals surface area contributed by atoms with Gasteiger partial charge in [-0.2, -0.15) is 4.79 Å². The molecule has 5 heteroatoms. The first kappa shape index (κ1) is 10.9. The molecule has 70 valence electrons. The van der Waals surface area contributed by atoms with E-state index in [0.29, 0.717) is 0 Å². The van der Waals surface area contributed by atoms with Gasteiger partial charge in [0.2, 0.25) is 0 Å². The molecule has 0 aliphatic heterocycles. The van der Waals surface area contributed by atoms with E-state index < -0.39 is 18.0 Å². The molecule has 0 saturated carbocycles. The number of carbonyl (C=O) groups is 2. The van der Waals surface area contributed by atoms with Gasteiger partial charge in [-0.3, -0.25) is 4.79 Å². The highest BCUT2D eigenvalue weighted by atomic mass is 16.5. The summed E-state index contributed by atoms with van der Waals surface area (Å²) < 4.78 is 4.32. The van der Waals surface area contributed by atoms with Crippen LogP contribution in [0.2, 0.25) is 0 Å². The third-order valence-electron chi connectivity index (χ3n) is 2.03. The molecule has 0 spiro atoms. The van der Waals surface area contributed by atoms with Crippen molar-refractivity contribution in [3.63, 3.8) is 0 Å². The van der Waals surface area contributed by atoms with Crippen LogP contribution in [0.3, 0.4) is 0 Å². The number of hydrogen-bond acceptors (Lipinski definition) is 3. The second-order valence-corrected chi connectivity index (χ2v) is 3.09. The SMILES string of the molecule is COC(=O)[N+](C)(C)C(C)C(N)=O. The highest BCUT2D eigenvalue weighted by Crippen LogP contribution is 2.07. The van der Waals surface area contributed by atoms with Gasteiger partial charge in [-0.05, 0) is 6.92 Å². The fraction of sp³-hybridized carbons (Fsp3) is 0.714. The third-order valence-corrected chi connectivity index (χ3v) is 2.03. The molecule has 0 rings (SSSR count). The van der Waals surface area contributed by atoms with Crippen molar-refractivity contribution in [1.29, 1.82) is 0 Å². The minimum Gasteiger partial charge on any atom is -0.423 e. The van der Waals surface area contributed by atoms with Gasteiger partial charge in [0.25, 0.3) is 5.91 Å². The molecular weight excluding hydrogens is 160 g/mol. The van der Waals surface area contributed by atoms with E-state index in [9.17, 15) is 9.59 Å². The van der Waals surface area contributed by atoms with Crippen molar-refractivity contribution < 1.29 is 18.8 Å². The number of likely N-dealkylation sites (N-methyl/N-ethyl adjacent to an activating group) is 1. The Bertz CT molecular complexity index is 201. The van der Waals surface area contributed by atoms with Gasteiger partial charge in [0.15, 0.2) is 6.04 Å². The first-order valence-electron chi connectivity index (χ1n) is 3.55. The van der Waals surface area contributed by atoms with Crippen LogP contribution in [0, 0.1) is 0 Å². The molecule has 0 saturated heterocycles. The molecule has 1 unspecified atom stereocenters. The van der Waals surface area contributed by atoms with E-state index in [-0.39, 0.29) is 4.48 Å². The first-order chi connectivity index (χ1) is 5.34. The molecular formula is C7H15N2O3+. The van der Waals surface area contributed by atoms with Crippen LogP contribution in [-0.4, -0.2) is 43.7 Å². The third kappa shape index (κ3) is 1.94. The average Bonchev–Trinajstić information content (AvgIpc) is 2.01. The topological polar surface area (TPSA) is 69.4 Å². The lowest BCUT2D eigenvalue weighted by Crippen LogP contribution is -2.57. The predicted octanol–water partition coefficient (Wildman–Crippen LogP) is -0.297. The van der Waals surface area contributed by atoms with E-state index in [2.05, 4.69) is 4.74 Å². The second kappa shape index (κ2) is 3.53. The van der Waals surface area contributed by atoms with Crippen LogP contribution in [0.15, 0.2) is 0 Å². The van der Waals surface area contributed by atoms with Gasteiger partial charge in [-0.25, -0.2) is 4.48 Å². The number of primary amides is 1. The molecule has 0 radical (unpaired) electrons. The Hall–Kier alpha value is -1.10. The molecule has 12 heavy (non-hydrogen) atoms. The Morgan fingerprint density at radius 2 is 1.83 bits per heavy atom. The number of quaternary nitrogens is 1. The summed E-state index contributed by atoms with van der Waals surface area (Å²) in [6.07, 6.45) is -0.485. The van der Waals surface area contributed by atoms with Crippen LogP contribution in [0.5, 0.6) is 0 Å². The Morgan fingerprint density at radius 1 is 1.42 bits per heavy atom. The normalized spacial score (nSPS) is 13.7. The lowest BCUT2D eigenvalue weighted by Gasteiger charge is -2.28. The summed E-state index contributed by atoms with van der Waals surface area (Å²) in [5.74, 6) is -0.523. The lowest BCUT2D eigenvalue weighted by molar-refractivity contribution is -0.831. The van der Waals surface area contributed by atoms with Crippen LogP contribution in [0.4, 0.5) is 4.79 Å². The zero-order chi connectivity index (χ0) is 9.94. The fourth-order valence-corrected chi connectivity index (χ4v) is 0.711. The number of nitrogens with two attached hydrogens (primary N) is 1. The summed E-state index contributed by atoms with van der Waals surface area (Å²) in [4.78, 5) is 21.9. The smallest absolute Gasteiger partial charge is 0.423 e. The van der Waals surface area contributed by atoms with Crippen molar-refractivity contribution in [1.82, 2.24) is 0 Å². The zero-order valence-electron chi connectivity index (χ0n) is 7.83. The minimum atomic E-state index is -0.586. The monoisotopic (exact) mass is 175 g/mol. The largest absolute Gasteiger partial charge is 0.515 e. The zero-order valence-corrected chi connectivity index (χ0v) is 7.83. The number of ether oxygens (including phenoxy) is 1. The van der Waals surface area contributed by atoms with Crippen molar-refractivity contribution in [3.8, 4) is 0 Å². The second-order valence-electron chi connectivity index (χ2n) is 3.09. The molecule has 0 aliphatic carbocycles. The molecule has 0 heterocycles. The van der Waals surface area contributed by atoms with Crippen LogP contribution < -0.4 is 5.73 Å². The fourth-order valence-electron chi connectivity index (χ4n) is 0.711. The summed E-state index contributed by atoms with van der Waals surface area (Å²) in [6, 6.07) is -0.586. The molecule has 0 aromatic rings. The van der Waals surface area contributed by atoms with Crippen LogP contribution in [0.1, 0.15) is 6.92 Å². The summed E-state index contributed by atoms with van der Waals surface area (Å²) >= 11 is 0. The predicted molar refractivity (Wildman–Crippen MR) is 43.2 cm³/mol. The molecule has 1 atom stereocenters. The summed E-state index contributed by atoms with van der Waals surface area (Å²) in [5, 5.41) is 0. The maximum atomic E-state index is 11.1. The van der Waals surface area contributed by atoms with E-state index in [1.807, 2.05) is 0 Å². The van der Waals surface area contributed by atoms with E-state index in [1.54, 1.807) is 21.0 Å². The molecule has 0 aromatic heterocycles. The van der Waals surface area contributed by atoms with E-state index in [1.165, 1.54) is 7.11 Å². The van der Waals surface area contributed by atoms with Gasteiger partial charge in [0, 0.05) is 0 Å². The van der Waals surface area contributed by atoms with Crippen molar-refractivity contribution in [2.75, 3.05) is 21.2 Å². The van der Waals surface area contributed by atoms with Crippen LogP contribution >= 0.6 is 0 Å². The minimum absolute atomic E-state index is 0.189. The molecule has 2 N–H and O–H groups in total. The average molecular weight is 175 g/mol. The first-order valence-corrected chi connectivity index (χ1v) is 3.55. The Morgan fingerprint density at radius 3 is 2.08 bits per heavy atom. The number of nitrogens with zero attached hydrogens (tertiary/aromatic N) is 1. The van der Waals surface area contributed by atoms with Crippen LogP contribution in [-0.2, 0) is 9.53 Å². The van der Waals surface area contributed by atoms with Gasteiger partial charge in [0.1, 0.15) is 0 Å². The van der Waals surface area contributed by atoms with Crippen molar-refractivity contribution >= 4 is 12.0 Å². The lowest BCUT2D eigenvalue weighted by atomic mass is 10.2. The molecule has 0 aromatic carbocycles. The van der Waals surface area contributed by atoms with Gasteiger partial charge in [-0.1, -0.05) is 0 Å². The standard InChI is InChI=1S/C7H14N2O3/c1-5(6(8)10)9(2,3)7(11)12-4/h5H,1-4H3,(H-,8,10)/p+1. The van der Waals surface area contributed by atoms with Gasteiger partial charge < -0.3 is 10.5 Å². The van der Waals surface area contributed by atoms with Crippen molar-refractivity contribution in [2.24, 2.45) is 5.73 Å². The highest BCUT2D eigenvalue weighted by Gasteiger charge is 2.37. The number of methoxy groups -OCH3 is 1. The highest BCUT2D eigenvalue weighted by molar-refractivity contribution is 5.80. The Balaban J connectivity index is 4.60. The molecule has 5 nitrogen and oxygen atoms in total. The van der Waals surface area contributed by atoms with Crippen molar-refractivity contribution in [2.45, 2.75) is 13.0 Å². The Kier molecular flexibility index (Phi) is 3.21. The maximum Gasteiger partial charge on any atom is 0.515 e. The van der Waals surface area contributed by atoms with E-state index >= 15 is 0 Å². The number of hydrogen-bond donors (Lipinski definition) is 1. The molecule has 0 fully saturated rings. The van der Waals surface area contributed by atoms with E-state index in [0.717, 1.165) is 0 Å². The van der Waals surface area contributed by atoms with Crippen molar-refractivity contribution in [3.05, 3.63) is 0 Å². The quantitative estimate of drug-likeness (QED) is 0.586. The number of rotatable bonds is 2. The molecule has 0 aliphatic rings.